The number of rotatable bonds is 3. The molecule has 0 saturated heterocycles. The summed E-state index contributed by atoms with van der Waals surface area (Å²) in [5, 5.41) is 17.1. The molecule has 1 aromatic carbocycles. The third kappa shape index (κ3) is 3.30. The number of anilines is 1. The van der Waals surface area contributed by atoms with Gasteiger partial charge in [-0.3, -0.25) is 4.72 Å². The van der Waals surface area contributed by atoms with Gasteiger partial charge in [-0.1, -0.05) is 16.8 Å². The molecule has 29 heavy (non-hydrogen) atoms. The molecule has 3 N–H and O–H groups in total. The van der Waals surface area contributed by atoms with E-state index < -0.39 is 0 Å². The number of nitrogens with zero attached hydrogens (tertiary/aromatic N) is 1. The van der Waals surface area contributed by atoms with Crippen molar-refractivity contribution in [1.29, 1.82) is 0 Å². The highest BCUT2D eigenvalue weighted by Crippen LogP contribution is 2.44. The van der Waals surface area contributed by atoms with Crippen molar-refractivity contribution in [2.45, 2.75) is 62.9 Å². The molecule has 2 aromatic rings. The molecule has 2 amide bonds. The van der Waals surface area contributed by atoms with Crippen LogP contribution in [-0.4, -0.2) is 17.0 Å². The van der Waals surface area contributed by atoms with Crippen molar-refractivity contribution in [3.05, 3.63) is 44.7 Å². The van der Waals surface area contributed by atoms with Crippen LogP contribution in [0.25, 0.3) is 0 Å². The SMILES string of the molecule is O=C(NSc1cc2c(o1)CCC/C2=N/O)Nc1c2c(c(Cl)c3c1CCC3)CCC2. The Morgan fingerprint density at radius 1 is 1.03 bits per heavy atom. The quantitative estimate of drug-likeness (QED) is 0.351. The summed E-state index contributed by atoms with van der Waals surface area (Å²) in [6, 6.07) is 1.55. The number of benzene rings is 1. The van der Waals surface area contributed by atoms with E-state index in [9.17, 15) is 4.79 Å². The lowest BCUT2D eigenvalue weighted by Gasteiger charge is -2.17. The van der Waals surface area contributed by atoms with Crippen LogP contribution in [0.1, 0.15) is 59.3 Å². The number of hydrogen-bond acceptors (Lipinski definition) is 5. The van der Waals surface area contributed by atoms with E-state index >= 15 is 0 Å². The van der Waals surface area contributed by atoms with Gasteiger partial charge in [0, 0.05) is 40.7 Å². The summed E-state index contributed by atoms with van der Waals surface area (Å²) < 4.78 is 8.64. The van der Waals surface area contributed by atoms with Crippen molar-refractivity contribution in [2.75, 3.05) is 5.32 Å². The smallest absolute Gasteiger partial charge is 0.329 e. The molecule has 6 nitrogen and oxygen atoms in total. The highest BCUT2D eigenvalue weighted by Gasteiger charge is 2.29. The second-order valence-electron chi connectivity index (χ2n) is 7.77. The first kappa shape index (κ1) is 18.9. The van der Waals surface area contributed by atoms with Crippen molar-refractivity contribution in [2.24, 2.45) is 5.16 Å². The number of furan rings is 1. The molecule has 0 bridgehead atoms. The van der Waals surface area contributed by atoms with Crippen LogP contribution in [0.4, 0.5) is 10.5 Å². The number of carbonyl (C=O) groups is 1. The first-order valence-corrected chi connectivity index (χ1v) is 11.3. The van der Waals surface area contributed by atoms with E-state index in [0.717, 1.165) is 91.8 Å². The van der Waals surface area contributed by atoms with Gasteiger partial charge in [0.2, 0.25) is 0 Å². The van der Waals surface area contributed by atoms with E-state index in [4.69, 9.17) is 21.2 Å². The lowest BCUT2D eigenvalue weighted by Crippen LogP contribution is -2.24. The molecule has 0 fully saturated rings. The number of urea groups is 1. The Hall–Kier alpha value is -2.12. The van der Waals surface area contributed by atoms with E-state index in [-0.39, 0.29) is 6.03 Å². The maximum atomic E-state index is 12.7. The molecule has 1 heterocycles. The average Bonchev–Trinajstić information content (AvgIpc) is 3.47. The van der Waals surface area contributed by atoms with Gasteiger partial charge in [0.05, 0.1) is 5.71 Å². The van der Waals surface area contributed by atoms with Crippen molar-refractivity contribution < 1.29 is 14.4 Å². The van der Waals surface area contributed by atoms with E-state index in [0.29, 0.717) is 10.8 Å². The van der Waals surface area contributed by atoms with Gasteiger partial charge in [0.25, 0.3) is 0 Å². The number of oxime groups is 1. The molecule has 0 saturated carbocycles. The molecule has 3 aliphatic rings. The highest BCUT2D eigenvalue weighted by atomic mass is 35.5. The molecular weight excluding hydrogens is 410 g/mol. The molecule has 0 radical (unpaired) electrons. The number of carbonyl (C=O) groups excluding carboxylic acids is 1. The fraction of sp³-hybridized carbons (Fsp3) is 0.429. The van der Waals surface area contributed by atoms with Crippen molar-refractivity contribution in [1.82, 2.24) is 4.72 Å². The average molecular weight is 432 g/mol. The van der Waals surface area contributed by atoms with Crippen LogP contribution < -0.4 is 10.0 Å². The number of nitrogens with one attached hydrogen (secondary N) is 2. The summed E-state index contributed by atoms with van der Waals surface area (Å²) in [7, 11) is 0. The summed E-state index contributed by atoms with van der Waals surface area (Å²) in [4.78, 5) is 12.7. The molecule has 0 unspecified atom stereocenters. The zero-order chi connectivity index (χ0) is 20.0. The minimum Gasteiger partial charge on any atom is -0.452 e. The summed E-state index contributed by atoms with van der Waals surface area (Å²) in [5.41, 5.74) is 7.26. The fourth-order valence-electron chi connectivity index (χ4n) is 4.81. The Labute approximate surface area is 178 Å². The molecule has 3 aliphatic carbocycles. The molecule has 0 aliphatic heterocycles. The molecule has 1 aromatic heterocycles. The second-order valence-corrected chi connectivity index (χ2v) is 8.96. The van der Waals surface area contributed by atoms with Crippen molar-refractivity contribution in [3.63, 3.8) is 0 Å². The van der Waals surface area contributed by atoms with Crippen LogP contribution in [0.5, 0.6) is 0 Å². The van der Waals surface area contributed by atoms with Gasteiger partial charge in [-0.25, -0.2) is 4.79 Å². The van der Waals surface area contributed by atoms with Crippen molar-refractivity contribution >= 4 is 41.0 Å². The van der Waals surface area contributed by atoms with Crippen molar-refractivity contribution in [3.8, 4) is 0 Å². The van der Waals surface area contributed by atoms with Gasteiger partial charge < -0.3 is 14.9 Å². The molecule has 5 rings (SSSR count). The van der Waals surface area contributed by atoms with Crippen LogP contribution in [0.3, 0.4) is 0 Å². The second kappa shape index (κ2) is 7.61. The summed E-state index contributed by atoms with van der Waals surface area (Å²) in [5.74, 6) is 0.807. The maximum absolute atomic E-state index is 12.7. The third-order valence-corrected chi connectivity index (χ3v) is 7.23. The first-order chi connectivity index (χ1) is 14.2. The first-order valence-electron chi connectivity index (χ1n) is 10.1. The van der Waals surface area contributed by atoms with E-state index in [1.165, 1.54) is 22.3 Å². The summed E-state index contributed by atoms with van der Waals surface area (Å²) >= 11 is 7.78. The van der Waals surface area contributed by atoms with Gasteiger partial charge in [-0.2, -0.15) is 0 Å². The van der Waals surface area contributed by atoms with Gasteiger partial charge in [-0.05, 0) is 73.6 Å². The Morgan fingerprint density at radius 2 is 1.69 bits per heavy atom. The number of amides is 2. The highest BCUT2D eigenvalue weighted by molar-refractivity contribution is 7.97. The van der Waals surface area contributed by atoms with E-state index in [1.54, 1.807) is 0 Å². The number of fused-ring (bicyclic) bond motifs is 3. The molecule has 0 atom stereocenters. The zero-order valence-corrected chi connectivity index (χ0v) is 17.5. The van der Waals surface area contributed by atoms with Crippen LogP contribution in [-0.2, 0) is 32.1 Å². The largest absolute Gasteiger partial charge is 0.452 e. The summed E-state index contributed by atoms with van der Waals surface area (Å²) in [6.45, 7) is 0. The Kier molecular flexibility index (Phi) is 4.95. The van der Waals surface area contributed by atoms with Crippen LogP contribution in [0.2, 0.25) is 5.02 Å². The normalized spacial score (nSPS) is 18.4. The molecular formula is C21H22ClN3O3S. The summed E-state index contributed by atoms with van der Waals surface area (Å²) in [6.07, 6.45) is 8.48. The standard InChI is InChI=1S/C21H22ClN3O3S/c22-19-11-4-1-6-13(11)20(14-7-2-5-12(14)19)23-21(26)25-29-18-10-15-16(24-27)8-3-9-17(15)28-18/h10,27H,1-9H2,(H2,23,25,26)/b24-16-. The number of aryl methyl sites for hydroxylation is 1. The third-order valence-electron chi connectivity index (χ3n) is 6.09. The predicted octanol–water partition coefficient (Wildman–Crippen LogP) is 5.25. The van der Waals surface area contributed by atoms with Crippen LogP contribution >= 0.6 is 23.5 Å². The van der Waals surface area contributed by atoms with Gasteiger partial charge in [-0.15, -0.1) is 0 Å². The number of hydrogen-bond donors (Lipinski definition) is 3. The topological polar surface area (TPSA) is 86.9 Å². The van der Waals surface area contributed by atoms with E-state index in [1.807, 2.05) is 6.07 Å². The van der Waals surface area contributed by atoms with Gasteiger partial charge in [0.1, 0.15) is 5.76 Å². The molecule has 8 heteroatoms. The zero-order valence-electron chi connectivity index (χ0n) is 15.9. The minimum atomic E-state index is -0.272. The van der Waals surface area contributed by atoms with E-state index in [2.05, 4.69) is 15.2 Å². The monoisotopic (exact) mass is 431 g/mol. The molecule has 152 valence electrons. The lowest BCUT2D eigenvalue weighted by atomic mass is 9.97. The molecule has 0 spiro atoms. The number of halogens is 1. The minimum absolute atomic E-state index is 0.272. The van der Waals surface area contributed by atoms with Gasteiger partial charge >= 0.3 is 6.03 Å². The fourth-order valence-corrected chi connectivity index (χ4v) is 5.79. The Bertz CT molecular complexity index is 996. The lowest BCUT2D eigenvalue weighted by molar-refractivity contribution is 0.257. The van der Waals surface area contributed by atoms with Crippen LogP contribution in [0, 0.1) is 0 Å². The predicted molar refractivity (Wildman–Crippen MR) is 113 cm³/mol. The Balaban J connectivity index is 1.32. The van der Waals surface area contributed by atoms with Crippen LogP contribution in [0.15, 0.2) is 20.7 Å². The maximum Gasteiger partial charge on any atom is 0.329 e. The Morgan fingerprint density at radius 3 is 2.38 bits per heavy atom. The van der Waals surface area contributed by atoms with Gasteiger partial charge in [0.15, 0.2) is 5.09 Å².